The van der Waals surface area contributed by atoms with E-state index in [1.165, 1.54) is 58.5 Å². The van der Waals surface area contributed by atoms with Crippen LogP contribution in [0, 0.1) is 46.3 Å². The Labute approximate surface area is 172 Å². The van der Waals surface area contributed by atoms with Crippen molar-refractivity contribution in [3.8, 4) is 0 Å². The number of rotatable bonds is 4. The van der Waals surface area contributed by atoms with Crippen LogP contribution in [0.3, 0.4) is 0 Å². The summed E-state index contributed by atoms with van der Waals surface area (Å²) in [7, 11) is 1.49. The van der Waals surface area contributed by atoms with E-state index in [0.29, 0.717) is 35.5 Å². The van der Waals surface area contributed by atoms with Crippen molar-refractivity contribution >= 4 is 5.97 Å². The molecule has 2 unspecified atom stereocenters. The number of aliphatic hydroxyl groups excluding tert-OH is 1. The largest absolute Gasteiger partial charge is 0.469 e. The number of aliphatic hydroxyl groups is 1. The van der Waals surface area contributed by atoms with Gasteiger partial charge < -0.3 is 9.84 Å². The minimum Gasteiger partial charge on any atom is -0.469 e. The normalized spacial score (nSPS) is 48.9. The highest BCUT2D eigenvalue weighted by atomic mass is 16.5. The van der Waals surface area contributed by atoms with Crippen LogP contribution in [0.5, 0.6) is 0 Å². The van der Waals surface area contributed by atoms with E-state index in [0.717, 1.165) is 24.7 Å². The molecule has 9 atom stereocenters. The van der Waals surface area contributed by atoms with Crippen molar-refractivity contribution in [2.45, 2.75) is 97.5 Å². The number of esters is 1. The number of hydrogen-bond acceptors (Lipinski definition) is 3. The summed E-state index contributed by atoms with van der Waals surface area (Å²) in [5.74, 6) is 3.93. The van der Waals surface area contributed by atoms with Gasteiger partial charge >= 0.3 is 5.97 Å². The Hall–Kier alpha value is -0.570. The van der Waals surface area contributed by atoms with E-state index in [2.05, 4.69) is 20.8 Å². The summed E-state index contributed by atoms with van der Waals surface area (Å²) in [6, 6.07) is 0. The molecule has 3 nitrogen and oxygen atoms in total. The Morgan fingerprint density at radius 3 is 2.64 bits per heavy atom. The molecule has 28 heavy (non-hydrogen) atoms. The van der Waals surface area contributed by atoms with E-state index in [4.69, 9.17) is 4.74 Å². The number of carbonyl (C=O) groups is 1. The van der Waals surface area contributed by atoms with Gasteiger partial charge in [0, 0.05) is 6.42 Å². The molecule has 0 aromatic rings. The average Bonchev–Trinajstić information content (AvgIpc) is 3.01. The van der Waals surface area contributed by atoms with Crippen LogP contribution in [-0.4, -0.2) is 24.3 Å². The topological polar surface area (TPSA) is 46.5 Å². The third kappa shape index (κ3) is 3.15. The SMILES string of the molecule is COC(=O)CC[C@@H](C)[C@H]1CC[C@H]2[C@@H]3CCC4CCCC[C@]4(C)[C@H]3C(O)C[C@]12C. The van der Waals surface area contributed by atoms with Crippen LogP contribution >= 0.6 is 0 Å². The van der Waals surface area contributed by atoms with Gasteiger partial charge in [-0.15, -0.1) is 0 Å². The average molecular weight is 391 g/mol. The highest BCUT2D eigenvalue weighted by Crippen LogP contribution is 2.68. The van der Waals surface area contributed by atoms with Gasteiger partial charge in [-0.05, 0) is 97.7 Å². The first-order valence-corrected chi connectivity index (χ1v) is 12.1. The first kappa shape index (κ1) is 20.7. The molecular formula is C25H42O3. The van der Waals surface area contributed by atoms with Crippen molar-refractivity contribution in [3.05, 3.63) is 0 Å². The Bertz CT molecular complexity index is 588. The van der Waals surface area contributed by atoms with Crippen LogP contribution in [0.1, 0.15) is 91.4 Å². The molecule has 0 aliphatic heterocycles. The minimum absolute atomic E-state index is 0.0844. The second-order valence-electron chi connectivity index (χ2n) is 11.4. The van der Waals surface area contributed by atoms with E-state index < -0.39 is 0 Å². The Balaban J connectivity index is 1.54. The van der Waals surface area contributed by atoms with Crippen LogP contribution in [0.2, 0.25) is 0 Å². The van der Waals surface area contributed by atoms with Gasteiger partial charge in [0.2, 0.25) is 0 Å². The second kappa shape index (κ2) is 7.60. The molecule has 4 aliphatic rings. The Kier molecular flexibility index (Phi) is 5.61. The predicted molar refractivity (Wildman–Crippen MR) is 112 cm³/mol. The summed E-state index contributed by atoms with van der Waals surface area (Å²) >= 11 is 0. The van der Waals surface area contributed by atoms with Crippen LogP contribution in [0.4, 0.5) is 0 Å². The zero-order valence-electron chi connectivity index (χ0n) is 18.6. The maximum Gasteiger partial charge on any atom is 0.305 e. The van der Waals surface area contributed by atoms with Crippen molar-refractivity contribution in [1.29, 1.82) is 0 Å². The Morgan fingerprint density at radius 2 is 1.89 bits per heavy atom. The molecule has 0 spiro atoms. The van der Waals surface area contributed by atoms with Gasteiger partial charge in [-0.25, -0.2) is 0 Å². The minimum atomic E-state index is -0.134. The number of hydrogen-bond donors (Lipinski definition) is 1. The molecule has 160 valence electrons. The van der Waals surface area contributed by atoms with Gasteiger partial charge in [0.05, 0.1) is 13.2 Å². The summed E-state index contributed by atoms with van der Waals surface area (Å²) in [5, 5.41) is 11.5. The number of fused-ring (bicyclic) bond motifs is 5. The van der Waals surface area contributed by atoms with Gasteiger partial charge in [0.15, 0.2) is 0 Å². The standard InChI is InChI=1S/C25H42O3/c1-16(8-13-22(27)28-4)19-11-12-20-18-10-9-17-7-5-6-14-24(17,2)23(18)21(26)15-25(19,20)3/h16-21,23,26H,5-15H2,1-4H3/t16-,17?,18+,19-,20+,21?,23-,24+,25-/m1/s1. The fourth-order valence-electron chi connectivity index (χ4n) is 9.04. The fraction of sp³-hybridized carbons (Fsp3) is 0.960. The molecule has 4 saturated carbocycles. The molecule has 4 fully saturated rings. The van der Waals surface area contributed by atoms with Gasteiger partial charge in [-0.1, -0.05) is 33.6 Å². The zero-order valence-corrected chi connectivity index (χ0v) is 18.6. The fourth-order valence-corrected chi connectivity index (χ4v) is 9.04. The smallest absolute Gasteiger partial charge is 0.305 e. The molecule has 0 aromatic carbocycles. The van der Waals surface area contributed by atoms with Crippen LogP contribution < -0.4 is 0 Å². The predicted octanol–water partition coefficient (Wildman–Crippen LogP) is 5.60. The highest BCUT2D eigenvalue weighted by molar-refractivity contribution is 5.69. The van der Waals surface area contributed by atoms with E-state index in [9.17, 15) is 9.90 Å². The first-order valence-electron chi connectivity index (χ1n) is 12.1. The monoisotopic (exact) mass is 390 g/mol. The highest BCUT2D eigenvalue weighted by Gasteiger charge is 2.62. The van der Waals surface area contributed by atoms with Gasteiger partial charge in [-0.2, -0.15) is 0 Å². The van der Waals surface area contributed by atoms with Crippen molar-refractivity contribution in [2.24, 2.45) is 46.3 Å². The molecule has 4 rings (SSSR count). The second-order valence-corrected chi connectivity index (χ2v) is 11.4. The molecule has 0 amide bonds. The Morgan fingerprint density at radius 1 is 1.11 bits per heavy atom. The van der Waals surface area contributed by atoms with Crippen LogP contribution in [0.25, 0.3) is 0 Å². The summed E-state index contributed by atoms with van der Waals surface area (Å²) in [6.45, 7) is 7.35. The number of carbonyl (C=O) groups excluding carboxylic acids is 1. The third-order valence-corrected chi connectivity index (χ3v) is 10.3. The van der Waals surface area contributed by atoms with E-state index in [1.54, 1.807) is 0 Å². The lowest BCUT2D eigenvalue weighted by atomic mass is 9.43. The maximum atomic E-state index is 11.6. The molecule has 1 N–H and O–H groups in total. The molecule has 0 bridgehead atoms. The summed E-state index contributed by atoms with van der Waals surface area (Å²) < 4.78 is 4.87. The van der Waals surface area contributed by atoms with Gasteiger partial charge in [0.1, 0.15) is 0 Å². The number of methoxy groups -OCH3 is 1. The van der Waals surface area contributed by atoms with Crippen LogP contribution in [-0.2, 0) is 9.53 Å². The quantitative estimate of drug-likeness (QED) is 0.636. The first-order chi connectivity index (χ1) is 13.3. The molecule has 0 saturated heterocycles. The lowest BCUT2D eigenvalue weighted by Gasteiger charge is -2.62. The van der Waals surface area contributed by atoms with Crippen molar-refractivity contribution in [3.63, 3.8) is 0 Å². The van der Waals surface area contributed by atoms with Crippen molar-refractivity contribution < 1.29 is 14.6 Å². The third-order valence-electron chi connectivity index (χ3n) is 10.3. The van der Waals surface area contributed by atoms with E-state index in [-0.39, 0.29) is 17.5 Å². The zero-order chi connectivity index (χ0) is 20.1. The van der Waals surface area contributed by atoms with Gasteiger partial charge in [-0.3, -0.25) is 4.79 Å². The molecule has 0 heterocycles. The van der Waals surface area contributed by atoms with Crippen LogP contribution in [0.15, 0.2) is 0 Å². The van der Waals surface area contributed by atoms with Crippen molar-refractivity contribution in [1.82, 2.24) is 0 Å². The molecular weight excluding hydrogens is 348 g/mol. The summed E-state index contributed by atoms with van der Waals surface area (Å²) in [4.78, 5) is 11.6. The van der Waals surface area contributed by atoms with E-state index >= 15 is 0 Å². The molecule has 3 heteroatoms. The number of ether oxygens (including phenoxy) is 1. The lowest BCUT2D eigenvalue weighted by molar-refractivity contribution is -0.171. The molecule has 4 aliphatic carbocycles. The lowest BCUT2D eigenvalue weighted by Crippen LogP contribution is -2.58. The molecule has 0 radical (unpaired) electrons. The van der Waals surface area contributed by atoms with Gasteiger partial charge in [0.25, 0.3) is 0 Å². The molecule has 0 aromatic heterocycles. The van der Waals surface area contributed by atoms with E-state index in [1.807, 2.05) is 0 Å². The van der Waals surface area contributed by atoms with Crippen molar-refractivity contribution in [2.75, 3.05) is 7.11 Å². The summed E-state index contributed by atoms with van der Waals surface area (Å²) in [6.07, 6.45) is 13.1. The maximum absolute atomic E-state index is 11.6. The summed E-state index contributed by atoms with van der Waals surface area (Å²) in [5.41, 5.74) is 0.616.